The molecule has 0 saturated carbocycles. The van der Waals surface area contributed by atoms with Crippen molar-refractivity contribution in [1.29, 1.82) is 5.26 Å². The van der Waals surface area contributed by atoms with Crippen molar-refractivity contribution in [2.75, 3.05) is 0 Å². The van der Waals surface area contributed by atoms with E-state index >= 15 is 0 Å². The quantitative estimate of drug-likeness (QED) is 0.301. The van der Waals surface area contributed by atoms with Gasteiger partial charge in [-0.1, -0.05) is 85.6 Å². The predicted molar refractivity (Wildman–Crippen MR) is 135 cm³/mol. The smallest absolute Gasteiger partial charge is 0.264 e. The Bertz CT molecular complexity index is 1470. The highest BCUT2D eigenvalue weighted by atomic mass is 32.2. The van der Waals surface area contributed by atoms with Crippen LogP contribution < -0.4 is 4.72 Å². The molecule has 0 aromatic heterocycles. The Morgan fingerprint density at radius 1 is 0.794 bits per heavy atom. The van der Waals surface area contributed by atoms with Crippen LogP contribution in [0.25, 0.3) is 21.5 Å². The number of fused-ring (bicyclic) bond motifs is 2. The number of unbranched alkanes of at least 4 members (excludes halogenated alkanes) is 3. The molecule has 1 amide bonds. The summed E-state index contributed by atoms with van der Waals surface area (Å²) in [6, 6.07) is 28.1. The minimum absolute atomic E-state index is 0.0610. The Balaban J connectivity index is 1.59. The third-order valence-corrected chi connectivity index (χ3v) is 7.38. The van der Waals surface area contributed by atoms with Crippen molar-refractivity contribution in [1.82, 2.24) is 4.72 Å². The van der Waals surface area contributed by atoms with Gasteiger partial charge in [-0.2, -0.15) is 5.26 Å². The number of nitrogens with one attached hydrogen (secondary N) is 1. The summed E-state index contributed by atoms with van der Waals surface area (Å²) < 4.78 is 28.5. The van der Waals surface area contributed by atoms with E-state index in [9.17, 15) is 13.2 Å². The Morgan fingerprint density at radius 2 is 1.41 bits per heavy atom. The van der Waals surface area contributed by atoms with E-state index < -0.39 is 21.8 Å². The Hall–Kier alpha value is -3.69. The first kappa shape index (κ1) is 23.5. The molecular weight excluding hydrogens is 444 g/mol. The number of amides is 1. The van der Waals surface area contributed by atoms with Gasteiger partial charge in [-0.05, 0) is 52.1 Å². The van der Waals surface area contributed by atoms with E-state index in [0.717, 1.165) is 46.4 Å². The molecule has 0 aliphatic heterocycles. The predicted octanol–water partition coefficient (Wildman–Crippen LogP) is 6.06. The summed E-state index contributed by atoms with van der Waals surface area (Å²) >= 11 is 0. The molecule has 0 heterocycles. The molecule has 1 unspecified atom stereocenters. The fourth-order valence-electron chi connectivity index (χ4n) is 4.20. The first-order chi connectivity index (χ1) is 16.5. The monoisotopic (exact) mass is 470 g/mol. The number of carbonyl (C=O) groups is 1. The number of nitrogens with zero attached hydrogens (tertiary/aromatic N) is 1. The van der Waals surface area contributed by atoms with Crippen molar-refractivity contribution < 1.29 is 13.2 Å². The minimum Gasteiger partial charge on any atom is -0.273 e. The Kier molecular flexibility index (Phi) is 7.24. The highest BCUT2D eigenvalue weighted by Crippen LogP contribution is 2.28. The summed E-state index contributed by atoms with van der Waals surface area (Å²) in [5.41, 5.74) is 0.783. The third kappa shape index (κ3) is 5.44. The van der Waals surface area contributed by atoms with E-state index in [2.05, 4.69) is 10.8 Å². The Morgan fingerprint density at radius 3 is 2.09 bits per heavy atom. The van der Waals surface area contributed by atoms with E-state index in [0.29, 0.717) is 12.8 Å². The second kappa shape index (κ2) is 10.5. The van der Waals surface area contributed by atoms with Gasteiger partial charge in [0.25, 0.3) is 10.0 Å². The van der Waals surface area contributed by atoms with Gasteiger partial charge in [0, 0.05) is 6.42 Å². The molecule has 4 aromatic carbocycles. The number of nitriles is 1. The molecule has 172 valence electrons. The highest BCUT2D eigenvalue weighted by molar-refractivity contribution is 7.90. The maximum absolute atomic E-state index is 13.3. The molecule has 34 heavy (non-hydrogen) atoms. The normalized spacial score (nSPS) is 12.3. The molecule has 0 spiro atoms. The summed E-state index contributed by atoms with van der Waals surface area (Å²) in [5.74, 6) is -1.15. The maximum Gasteiger partial charge on any atom is 0.264 e. The first-order valence-electron chi connectivity index (χ1n) is 11.4. The van der Waals surface area contributed by atoms with Crippen LogP contribution in [0, 0.1) is 11.3 Å². The van der Waals surface area contributed by atoms with Gasteiger partial charge in [-0.15, -0.1) is 0 Å². The van der Waals surface area contributed by atoms with Gasteiger partial charge < -0.3 is 0 Å². The summed E-state index contributed by atoms with van der Waals surface area (Å²) in [4.78, 5) is 13.4. The van der Waals surface area contributed by atoms with E-state index in [-0.39, 0.29) is 4.90 Å². The zero-order valence-corrected chi connectivity index (χ0v) is 19.6. The van der Waals surface area contributed by atoms with Gasteiger partial charge in [0.05, 0.1) is 16.9 Å². The van der Waals surface area contributed by atoms with Crippen LogP contribution in [-0.2, 0) is 14.8 Å². The summed E-state index contributed by atoms with van der Waals surface area (Å²) in [6.45, 7) is 0. The third-order valence-electron chi connectivity index (χ3n) is 6.04. The van der Waals surface area contributed by atoms with Gasteiger partial charge in [0.2, 0.25) is 5.91 Å². The zero-order chi connectivity index (χ0) is 24.0. The average molecular weight is 471 g/mol. The molecule has 4 aromatic rings. The van der Waals surface area contributed by atoms with E-state index in [4.69, 9.17) is 5.26 Å². The van der Waals surface area contributed by atoms with Crippen LogP contribution in [0.5, 0.6) is 0 Å². The van der Waals surface area contributed by atoms with Crippen LogP contribution in [0.3, 0.4) is 0 Å². The van der Waals surface area contributed by atoms with Crippen LogP contribution in [0.4, 0.5) is 0 Å². The SMILES string of the molecule is N#CCCCCCC(C(=O)NS(=O)(=O)c1ccc2ccccc2c1)c1ccc2ccccc2c1. The Labute approximate surface area is 200 Å². The molecule has 4 rings (SSSR count). The number of hydrogen-bond acceptors (Lipinski definition) is 4. The van der Waals surface area contributed by atoms with E-state index in [1.54, 1.807) is 12.1 Å². The number of sulfonamides is 1. The van der Waals surface area contributed by atoms with Gasteiger partial charge in [-0.3, -0.25) is 4.79 Å². The average Bonchev–Trinajstić information content (AvgIpc) is 2.85. The molecule has 0 saturated heterocycles. The molecule has 5 nitrogen and oxygen atoms in total. The number of carbonyl (C=O) groups excluding carboxylic acids is 1. The molecule has 1 N–H and O–H groups in total. The number of benzene rings is 4. The van der Waals surface area contributed by atoms with Crippen LogP contribution >= 0.6 is 0 Å². The fourth-order valence-corrected chi connectivity index (χ4v) is 5.25. The van der Waals surface area contributed by atoms with Gasteiger partial charge in [0.1, 0.15) is 0 Å². The van der Waals surface area contributed by atoms with Crippen molar-refractivity contribution >= 4 is 37.5 Å². The lowest BCUT2D eigenvalue weighted by molar-refractivity contribution is -0.121. The van der Waals surface area contributed by atoms with Gasteiger partial charge >= 0.3 is 0 Å². The molecule has 0 aliphatic carbocycles. The molecule has 1 atom stereocenters. The molecule has 0 aliphatic rings. The molecule has 6 heteroatoms. The minimum atomic E-state index is -4.03. The van der Waals surface area contributed by atoms with Crippen molar-refractivity contribution in [3.63, 3.8) is 0 Å². The molecule has 0 fully saturated rings. The lowest BCUT2D eigenvalue weighted by atomic mass is 9.91. The maximum atomic E-state index is 13.3. The number of hydrogen-bond donors (Lipinski definition) is 1. The van der Waals surface area contributed by atoms with Crippen LogP contribution in [0.15, 0.2) is 89.8 Å². The van der Waals surface area contributed by atoms with Crippen molar-refractivity contribution in [2.24, 2.45) is 0 Å². The standard InChI is InChI=1S/C28H26N2O3S/c29-18-8-2-1-3-13-27(25-15-14-21-9-4-6-11-23(21)19-25)28(31)30-34(32,33)26-17-16-22-10-5-7-12-24(22)20-26/h4-7,9-12,14-17,19-20,27H,1-3,8,13H2,(H,30,31). The van der Waals surface area contributed by atoms with Crippen LogP contribution in [-0.4, -0.2) is 14.3 Å². The molecule has 0 bridgehead atoms. The van der Waals surface area contributed by atoms with Crippen LogP contribution in [0.2, 0.25) is 0 Å². The second-order valence-electron chi connectivity index (χ2n) is 8.40. The van der Waals surface area contributed by atoms with Gasteiger partial charge in [-0.25, -0.2) is 13.1 Å². The first-order valence-corrected chi connectivity index (χ1v) is 12.9. The lowest BCUT2D eigenvalue weighted by Gasteiger charge is -2.18. The topological polar surface area (TPSA) is 87.0 Å². The fraction of sp³-hybridized carbons (Fsp3) is 0.214. The lowest BCUT2D eigenvalue weighted by Crippen LogP contribution is -2.34. The summed E-state index contributed by atoms with van der Waals surface area (Å²) in [5, 5.41) is 12.5. The second-order valence-corrected chi connectivity index (χ2v) is 10.1. The van der Waals surface area contributed by atoms with E-state index in [1.807, 2.05) is 66.7 Å². The number of rotatable bonds is 9. The van der Waals surface area contributed by atoms with Crippen molar-refractivity contribution in [2.45, 2.75) is 42.9 Å². The zero-order valence-electron chi connectivity index (χ0n) is 18.8. The van der Waals surface area contributed by atoms with Crippen molar-refractivity contribution in [3.05, 3.63) is 90.5 Å². The molecule has 0 radical (unpaired) electrons. The van der Waals surface area contributed by atoms with Gasteiger partial charge in [0.15, 0.2) is 0 Å². The van der Waals surface area contributed by atoms with Crippen LogP contribution in [0.1, 0.15) is 43.6 Å². The molecular formula is C28H26N2O3S. The summed E-state index contributed by atoms with van der Waals surface area (Å²) in [7, 11) is -4.03. The summed E-state index contributed by atoms with van der Waals surface area (Å²) in [6.07, 6.45) is 3.27. The highest BCUT2D eigenvalue weighted by Gasteiger charge is 2.26. The largest absolute Gasteiger partial charge is 0.273 e. The van der Waals surface area contributed by atoms with E-state index in [1.165, 1.54) is 6.07 Å². The van der Waals surface area contributed by atoms with Crippen molar-refractivity contribution in [3.8, 4) is 6.07 Å².